The van der Waals surface area contributed by atoms with Crippen LogP contribution in [0.25, 0.3) is 5.52 Å². The largest absolute Gasteiger partial charge is 0.467 e. The molecule has 146 valence electrons. The standard InChI is InChI=1S/C18H21N7O3/c1-10(2)16-23-24(9-15(26)21-12-7-19-18(28-3)20-8-12)17(27)14-6-13(11-4-5-11)22-25(14)16/h6-8,10-11H,4-5,9H2,1-3H3,(H,21,26). The van der Waals surface area contributed by atoms with Crippen molar-refractivity contribution in [2.45, 2.75) is 45.1 Å². The van der Waals surface area contributed by atoms with Crippen molar-refractivity contribution in [3.63, 3.8) is 0 Å². The van der Waals surface area contributed by atoms with E-state index in [1.807, 2.05) is 19.9 Å². The van der Waals surface area contributed by atoms with Crippen LogP contribution in [0.3, 0.4) is 0 Å². The van der Waals surface area contributed by atoms with E-state index in [-0.39, 0.29) is 24.0 Å². The Hall–Kier alpha value is -3.30. The summed E-state index contributed by atoms with van der Waals surface area (Å²) in [6.07, 6.45) is 5.05. The van der Waals surface area contributed by atoms with Crippen molar-refractivity contribution in [1.29, 1.82) is 0 Å². The van der Waals surface area contributed by atoms with E-state index < -0.39 is 5.91 Å². The molecule has 1 aliphatic rings. The van der Waals surface area contributed by atoms with Crippen LogP contribution in [0.1, 0.15) is 50.0 Å². The summed E-state index contributed by atoms with van der Waals surface area (Å²) in [5.41, 5.74) is 1.42. The second-order valence-corrected chi connectivity index (χ2v) is 7.12. The average Bonchev–Trinajstić information content (AvgIpc) is 3.43. The quantitative estimate of drug-likeness (QED) is 0.682. The van der Waals surface area contributed by atoms with Gasteiger partial charge < -0.3 is 10.1 Å². The van der Waals surface area contributed by atoms with Gasteiger partial charge in [-0.05, 0) is 18.9 Å². The van der Waals surface area contributed by atoms with Crippen LogP contribution in [0.4, 0.5) is 5.69 Å². The Labute approximate surface area is 160 Å². The number of hydrogen-bond acceptors (Lipinski definition) is 7. The Morgan fingerprint density at radius 1 is 1.29 bits per heavy atom. The molecule has 3 heterocycles. The van der Waals surface area contributed by atoms with E-state index in [2.05, 4.69) is 25.5 Å². The number of nitrogens with zero attached hydrogens (tertiary/aromatic N) is 6. The third kappa shape index (κ3) is 3.45. The number of carbonyl (C=O) groups is 1. The van der Waals surface area contributed by atoms with Crippen LogP contribution >= 0.6 is 0 Å². The number of ether oxygens (including phenoxy) is 1. The van der Waals surface area contributed by atoms with Crippen LogP contribution in [-0.2, 0) is 11.3 Å². The van der Waals surface area contributed by atoms with Gasteiger partial charge in [0.05, 0.1) is 30.9 Å². The Morgan fingerprint density at radius 3 is 2.61 bits per heavy atom. The number of carbonyl (C=O) groups excluding carboxylic acids is 1. The minimum Gasteiger partial charge on any atom is -0.467 e. The predicted molar refractivity (Wildman–Crippen MR) is 101 cm³/mol. The number of hydrogen-bond donors (Lipinski definition) is 1. The number of amides is 1. The van der Waals surface area contributed by atoms with Crippen LogP contribution in [0.15, 0.2) is 23.3 Å². The SMILES string of the molecule is COc1ncc(NC(=O)Cn2nc(C(C)C)n3nc(C4CC4)cc3c2=O)cn1. The van der Waals surface area contributed by atoms with E-state index in [1.54, 1.807) is 4.52 Å². The van der Waals surface area contributed by atoms with Gasteiger partial charge in [-0.15, -0.1) is 0 Å². The molecule has 0 atom stereocenters. The van der Waals surface area contributed by atoms with E-state index in [1.165, 1.54) is 24.2 Å². The molecule has 0 unspecified atom stereocenters. The van der Waals surface area contributed by atoms with Gasteiger partial charge in [-0.2, -0.15) is 10.2 Å². The molecule has 10 nitrogen and oxygen atoms in total. The highest BCUT2D eigenvalue weighted by Crippen LogP contribution is 2.39. The Morgan fingerprint density at radius 2 is 2.00 bits per heavy atom. The number of aromatic nitrogens is 6. The van der Waals surface area contributed by atoms with Gasteiger partial charge in [-0.25, -0.2) is 19.2 Å². The lowest BCUT2D eigenvalue weighted by Gasteiger charge is -2.11. The van der Waals surface area contributed by atoms with Gasteiger partial charge in [0.1, 0.15) is 12.1 Å². The first-order valence-electron chi connectivity index (χ1n) is 9.13. The molecule has 1 amide bonds. The summed E-state index contributed by atoms with van der Waals surface area (Å²) in [7, 11) is 1.46. The maximum Gasteiger partial charge on any atom is 0.316 e. The fourth-order valence-electron chi connectivity index (χ4n) is 2.94. The van der Waals surface area contributed by atoms with Gasteiger partial charge in [-0.1, -0.05) is 13.8 Å². The molecule has 1 fully saturated rings. The van der Waals surface area contributed by atoms with Crippen molar-refractivity contribution >= 4 is 17.1 Å². The highest BCUT2D eigenvalue weighted by atomic mass is 16.5. The number of fused-ring (bicyclic) bond motifs is 1. The number of nitrogens with one attached hydrogen (secondary N) is 1. The summed E-state index contributed by atoms with van der Waals surface area (Å²) in [5, 5.41) is 11.6. The lowest BCUT2D eigenvalue weighted by atomic mass is 10.2. The van der Waals surface area contributed by atoms with Gasteiger partial charge in [0.15, 0.2) is 5.82 Å². The number of methoxy groups -OCH3 is 1. The van der Waals surface area contributed by atoms with Crippen LogP contribution in [0, 0.1) is 0 Å². The second kappa shape index (κ2) is 7.02. The molecule has 0 aromatic carbocycles. The monoisotopic (exact) mass is 383 g/mol. The zero-order valence-electron chi connectivity index (χ0n) is 15.9. The first-order valence-corrected chi connectivity index (χ1v) is 9.13. The molecule has 3 aromatic heterocycles. The molecular weight excluding hydrogens is 362 g/mol. The highest BCUT2D eigenvalue weighted by Gasteiger charge is 2.28. The fourth-order valence-corrected chi connectivity index (χ4v) is 2.94. The molecule has 0 aliphatic heterocycles. The summed E-state index contributed by atoms with van der Waals surface area (Å²) < 4.78 is 7.69. The lowest BCUT2D eigenvalue weighted by Crippen LogP contribution is -2.32. The van der Waals surface area contributed by atoms with Gasteiger partial charge >= 0.3 is 6.01 Å². The van der Waals surface area contributed by atoms with Gasteiger partial charge in [0, 0.05) is 11.8 Å². The molecule has 1 N–H and O–H groups in total. The van der Waals surface area contributed by atoms with E-state index >= 15 is 0 Å². The summed E-state index contributed by atoms with van der Waals surface area (Å²) in [4.78, 5) is 33.1. The minimum atomic E-state index is -0.399. The normalized spacial score (nSPS) is 13.9. The zero-order valence-corrected chi connectivity index (χ0v) is 15.9. The predicted octanol–water partition coefficient (Wildman–Crippen LogP) is 1.33. The van der Waals surface area contributed by atoms with E-state index in [0.717, 1.165) is 18.5 Å². The third-order valence-corrected chi connectivity index (χ3v) is 4.52. The third-order valence-electron chi connectivity index (χ3n) is 4.52. The molecular formula is C18H21N7O3. The lowest BCUT2D eigenvalue weighted by molar-refractivity contribution is -0.117. The summed E-state index contributed by atoms with van der Waals surface area (Å²) >= 11 is 0. The maximum atomic E-state index is 12.8. The minimum absolute atomic E-state index is 0.0411. The summed E-state index contributed by atoms with van der Waals surface area (Å²) in [6, 6.07) is 2.02. The molecule has 1 aliphatic carbocycles. The van der Waals surface area contributed by atoms with Crippen molar-refractivity contribution in [3.8, 4) is 6.01 Å². The maximum absolute atomic E-state index is 12.8. The smallest absolute Gasteiger partial charge is 0.316 e. The second-order valence-electron chi connectivity index (χ2n) is 7.12. The van der Waals surface area contributed by atoms with Crippen LogP contribution in [-0.4, -0.2) is 42.4 Å². The molecule has 4 rings (SSSR count). The van der Waals surface area contributed by atoms with Gasteiger partial charge in [0.2, 0.25) is 5.91 Å². The molecule has 0 bridgehead atoms. The Balaban J connectivity index is 1.62. The Bertz CT molecular complexity index is 1080. The van der Waals surface area contributed by atoms with E-state index in [4.69, 9.17) is 4.74 Å². The summed E-state index contributed by atoms with van der Waals surface area (Å²) in [5.74, 6) is 0.705. The topological polar surface area (TPSA) is 116 Å². The molecule has 1 saturated carbocycles. The average molecular weight is 383 g/mol. The van der Waals surface area contributed by atoms with Gasteiger partial charge in [0.25, 0.3) is 5.56 Å². The van der Waals surface area contributed by atoms with Crippen molar-refractivity contribution in [2.75, 3.05) is 12.4 Å². The van der Waals surface area contributed by atoms with Crippen molar-refractivity contribution in [3.05, 3.63) is 40.3 Å². The van der Waals surface area contributed by atoms with Crippen molar-refractivity contribution in [2.24, 2.45) is 0 Å². The van der Waals surface area contributed by atoms with E-state index in [9.17, 15) is 9.59 Å². The number of anilines is 1. The van der Waals surface area contributed by atoms with Crippen molar-refractivity contribution in [1.82, 2.24) is 29.4 Å². The van der Waals surface area contributed by atoms with Crippen LogP contribution in [0.5, 0.6) is 6.01 Å². The van der Waals surface area contributed by atoms with E-state index in [0.29, 0.717) is 22.9 Å². The zero-order chi connectivity index (χ0) is 19.8. The molecule has 10 heteroatoms. The Kier molecular flexibility index (Phi) is 4.54. The molecule has 28 heavy (non-hydrogen) atoms. The molecule has 3 aromatic rings. The molecule has 0 radical (unpaired) electrons. The van der Waals surface area contributed by atoms with Gasteiger partial charge in [-0.3, -0.25) is 9.59 Å². The first kappa shape index (κ1) is 18.1. The highest BCUT2D eigenvalue weighted by molar-refractivity contribution is 5.90. The fraction of sp³-hybridized carbons (Fsp3) is 0.444. The van der Waals surface area contributed by atoms with Crippen LogP contribution < -0.4 is 15.6 Å². The van der Waals surface area contributed by atoms with Crippen molar-refractivity contribution < 1.29 is 9.53 Å². The first-order chi connectivity index (χ1) is 13.5. The number of rotatable bonds is 6. The van der Waals surface area contributed by atoms with Crippen LogP contribution in [0.2, 0.25) is 0 Å². The molecule has 0 saturated heterocycles. The molecule has 0 spiro atoms. The summed E-state index contributed by atoms with van der Waals surface area (Å²) in [6.45, 7) is 3.73.